The number of oxime groups is 1. The number of benzene rings is 1. The average molecular weight is 618 g/mol. The van der Waals surface area contributed by atoms with E-state index in [1.807, 2.05) is 18.7 Å². The Bertz CT molecular complexity index is 1200. The van der Waals surface area contributed by atoms with Crippen LogP contribution in [0.4, 0.5) is 0 Å². The second-order valence-corrected chi connectivity index (χ2v) is 11.7. The highest BCUT2D eigenvalue weighted by Gasteiger charge is 2.40. The molecule has 10 heteroatoms. The third-order valence-electron chi connectivity index (χ3n) is 7.97. The Morgan fingerprint density at radius 1 is 1.12 bits per heavy atom. The van der Waals surface area contributed by atoms with Crippen molar-refractivity contribution < 1.29 is 24.3 Å². The van der Waals surface area contributed by atoms with Crippen molar-refractivity contribution in [3.63, 3.8) is 0 Å². The number of aliphatic carboxylic acids is 1. The van der Waals surface area contributed by atoms with Crippen LogP contribution >= 0.6 is 15.9 Å². The van der Waals surface area contributed by atoms with Crippen LogP contribution in [0.2, 0.25) is 0 Å². The van der Waals surface area contributed by atoms with Gasteiger partial charge in [-0.05, 0) is 82.8 Å². The first-order chi connectivity index (χ1) is 19.0. The third kappa shape index (κ3) is 7.81. The number of carbonyl (C=O) groups excluding carboxylic acids is 1. The highest BCUT2D eigenvalue weighted by atomic mass is 79.9. The number of hydrogen-bond donors (Lipinski definition) is 1. The lowest BCUT2D eigenvalue weighted by Gasteiger charge is -2.49. The van der Waals surface area contributed by atoms with E-state index in [2.05, 4.69) is 57.2 Å². The van der Waals surface area contributed by atoms with Gasteiger partial charge in [-0.25, -0.2) is 0 Å². The molecule has 1 amide bonds. The van der Waals surface area contributed by atoms with E-state index in [4.69, 9.17) is 14.7 Å². The summed E-state index contributed by atoms with van der Waals surface area (Å²) in [7, 11) is 0. The summed E-state index contributed by atoms with van der Waals surface area (Å²) in [5.41, 5.74) is 4.11. The fourth-order valence-electron chi connectivity index (χ4n) is 5.57. The van der Waals surface area contributed by atoms with Gasteiger partial charge in [0.2, 0.25) is 5.69 Å². The number of rotatable bonds is 6. The summed E-state index contributed by atoms with van der Waals surface area (Å²) in [6, 6.07) is 10.0. The van der Waals surface area contributed by atoms with Crippen molar-refractivity contribution in [2.45, 2.75) is 65.8 Å². The van der Waals surface area contributed by atoms with Crippen LogP contribution < -0.4 is 4.73 Å². The molecule has 0 radical (unpaired) electrons. The first kappa shape index (κ1) is 31.5. The van der Waals surface area contributed by atoms with Crippen LogP contribution in [0.25, 0.3) is 0 Å². The van der Waals surface area contributed by atoms with Gasteiger partial charge < -0.3 is 20.1 Å². The molecule has 2 aliphatic rings. The summed E-state index contributed by atoms with van der Waals surface area (Å²) in [5.74, 6) is -0.496. The van der Waals surface area contributed by atoms with Crippen LogP contribution in [-0.4, -0.2) is 70.8 Å². The van der Waals surface area contributed by atoms with E-state index < -0.39 is 5.97 Å². The van der Waals surface area contributed by atoms with Gasteiger partial charge in [-0.3, -0.25) is 14.5 Å². The van der Waals surface area contributed by atoms with Crippen molar-refractivity contribution in [3.05, 3.63) is 68.6 Å². The molecule has 218 valence electrons. The van der Waals surface area contributed by atoms with Gasteiger partial charge in [-0.2, -0.15) is 4.73 Å². The lowest BCUT2D eigenvalue weighted by Crippen LogP contribution is -2.57. The summed E-state index contributed by atoms with van der Waals surface area (Å²) >= 11 is 3.52. The van der Waals surface area contributed by atoms with E-state index >= 15 is 0 Å². The van der Waals surface area contributed by atoms with E-state index in [-0.39, 0.29) is 11.4 Å². The molecule has 0 bridgehead atoms. The molecular weight excluding hydrogens is 576 g/mol. The SMILES string of the molecule is CC(=O)O.CCO/N=C(/c1ccc(Br)cc1)C1CCN(C2(C)CCN(C(=O)c3c(C)cc[n+]([O-])c3C)CC2)CC1. The molecule has 0 spiro atoms. The van der Waals surface area contributed by atoms with Crippen molar-refractivity contribution in [2.75, 3.05) is 32.8 Å². The predicted octanol–water partition coefficient (Wildman–Crippen LogP) is 4.94. The molecule has 3 heterocycles. The Labute approximate surface area is 245 Å². The summed E-state index contributed by atoms with van der Waals surface area (Å²) in [5, 5.41) is 24.0. The monoisotopic (exact) mass is 616 g/mol. The minimum absolute atomic E-state index is 0.0257. The van der Waals surface area contributed by atoms with Crippen LogP contribution in [0.5, 0.6) is 0 Å². The van der Waals surface area contributed by atoms with Crippen LogP contribution in [-0.2, 0) is 9.63 Å². The number of carboxylic acid groups (broad SMARTS) is 1. The Morgan fingerprint density at radius 2 is 1.70 bits per heavy atom. The normalized spacial score (nSPS) is 18.1. The fourth-order valence-corrected chi connectivity index (χ4v) is 5.83. The van der Waals surface area contributed by atoms with Crippen molar-refractivity contribution in [3.8, 4) is 0 Å². The van der Waals surface area contributed by atoms with Gasteiger partial charge in [-0.1, -0.05) is 33.2 Å². The second kappa shape index (κ2) is 14.1. The number of likely N-dealkylation sites (tertiary alicyclic amines) is 2. The van der Waals surface area contributed by atoms with E-state index in [0.29, 0.717) is 36.9 Å². The molecule has 0 aliphatic carbocycles. The maximum absolute atomic E-state index is 13.3. The van der Waals surface area contributed by atoms with Crippen LogP contribution in [0, 0.1) is 25.0 Å². The van der Waals surface area contributed by atoms with E-state index in [9.17, 15) is 10.0 Å². The zero-order valence-electron chi connectivity index (χ0n) is 24.2. The highest BCUT2D eigenvalue weighted by molar-refractivity contribution is 9.10. The number of amides is 1. The van der Waals surface area contributed by atoms with Gasteiger partial charge in [0.05, 0.1) is 5.71 Å². The van der Waals surface area contributed by atoms with Gasteiger partial charge in [0, 0.05) is 48.9 Å². The maximum atomic E-state index is 13.3. The lowest BCUT2D eigenvalue weighted by atomic mass is 9.82. The Hall–Kier alpha value is -2.98. The number of aryl methyl sites for hydroxylation is 1. The number of pyridine rings is 1. The minimum atomic E-state index is -0.833. The Balaban J connectivity index is 0.00000103. The number of aromatic nitrogens is 1. The topological polar surface area (TPSA) is 109 Å². The van der Waals surface area contributed by atoms with Gasteiger partial charge in [-0.15, -0.1) is 0 Å². The van der Waals surface area contributed by atoms with Crippen LogP contribution in [0.3, 0.4) is 0 Å². The van der Waals surface area contributed by atoms with Gasteiger partial charge in [0.1, 0.15) is 12.2 Å². The molecule has 1 N–H and O–H groups in total. The average Bonchev–Trinajstić information content (AvgIpc) is 2.92. The molecule has 2 fully saturated rings. The Kier molecular flexibility index (Phi) is 11.1. The van der Waals surface area contributed by atoms with Crippen molar-refractivity contribution in [2.24, 2.45) is 11.1 Å². The van der Waals surface area contributed by atoms with Crippen LogP contribution in [0.15, 0.2) is 46.2 Å². The fraction of sp³-hybridized carbons (Fsp3) is 0.533. The molecule has 40 heavy (non-hydrogen) atoms. The lowest BCUT2D eigenvalue weighted by molar-refractivity contribution is -0.612. The van der Waals surface area contributed by atoms with Gasteiger partial charge in [0.15, 0.2) is 6.20 Å². The van der Waals surface area contributed by atoms with E-state index in [1.165, 1.54) is 6.20 Å². The van der Waals surface area contributed by atoms with Crippen molar-refractivity contribution in [1.29, 1.82) is 0 Å². The van der Waals surface area contributed by atoms with E-state index in [0.717, 1.165) is 71.7 Å². The summed E-state index contributed by atoms with van der Waals surface area (Å²) in [4.78, 5) is 32.3. The number of hydrogen-bond acceptors (Lipinski definition) is 6. The molecular formula is C30H41BrN4O5. The number of carbonyl (C=O) groups is 2. The molecule has 1 aromatic carbocycles. The van der Waals surface area contributed by atoms with E-state index in [1.54, 1.807) is 13.0 Å². The second-order valence-electron chi connectivity index (χ2n) is 10.8. The molecule has 1 aromatic heterocycles. The third-order valence-corrected chi connectivity index (χ3v) is 8.49. The van der Waals surface area contributed by atoms with Gasteiger partial charge >= 0.3 is 0 Å². The quantitative estimate of drug-likeness (QED) is 0.213. The molecule has 4 rings (SSSR count). The molecule has 0 atom stereocenters. The molecule has 0 unspecified atom stereocenters. The first-order valence-electron chi connectivity index (χ1n) is 13.9. The number of piperidine rings is 2. The molecule has 0 saturated carbocycles. The Morgan fingerprint density at radius 3 is 2.25 bits per heavy atom. The molecule has 2 saturated heterocycles. The molecule has 2 aromatic rings. The van der Waals surface area contributed by atoms with Crippen molar-refractivity contribution >= 4 is 33.5 Å². The smallest absolute Gasteiger partial charge is 0.300 e. The minimum Gasteiger partial charge on any atom is -0.618 e. The standard InChI is InChI=1S/C28H37BrN4O3.C2H4O2/c1-5-36-30-26(22-6-8-24(29)9-7-22)23-11-15-32(16-12-23)28(4)13-18-31(19-14-28)27(34)25-20(2)10-17-33(35)21(25)3;1-2(3)4/h6-10,17,23H,5,11-16,18-19H2,1-4H3;1H3,(H,3,4)/b30-26-;. The first-order valence-corrected chi connectivity index (χ1v) is 14.6. The van der Waals surface area contributed by atoms with Crippen LogP contribution in [0.1, 0.15) is 73.6 Å². The predicted molar refractivity (Wildman–Crippen MR) is 158 cm³/mol. The van der Waals surface area contributed by atoms with Gasteiger partial charge in [0.25, 0.3) is 11.9 Å². The number of carboxylic acids is 1. The summed E-state index contributed by atoms with van der Waals surface area (Å²) in [6.07, 6.45) is 5.40. The number of halogens is 1. The van der Waals surface area contributed by atoms with Crippen molar-refractivity contribution in [1.82, 2.24) is 9.80 Å². The highest BCUT2D eigenvalue weighted by Crippen LogP contribution is 2.34. The zero-order chi connectivity index (χ0) is 29.4. The zero-order valence-corrected chi connectivity index (χ0v) is 25.7. The summed E-state index contributed by atoms with van der Waals surface area (Å²) < 4.78 is 1.84. The number of nitrogens with zero attached hydrogens (tertiary/aromatic N) is 4. The molecule has 2 aliphatic heterocycles. The molecule has 9 nitrogen and oxygen atoms in total. The largest absolute Gasteiger partial charge is 0.618 e. The maximum Gasteiger partial charge on any atom is 0.300 e. The summed E-state index contributed by atoms with van der Waals surface area (Å²) in [6.45, 7) is 13.0.